The van der Waals surface area contributed by atoms with Crippen molar-refractivity contribution in [2.75, 3.05) is 5.32 Å². The summed E-state index contributed by atoms with van der Waals surface area (Å²) in [6.45, 7) is 6.56. The van der Waals surface area contributed by atoms with Gasteiger partial charge in [0, 0.05) is 11.6 Å². The van der Waals surface area contributed by atoms with E-state index in [0.717, 1.165) is 5.56 Å². The van der Waals surface area contributed by atoms with Gasteiger partial charge in [0.15, 0.2) is 5.65 Å². The van der Waals surface area contributed by atoms with Crippen molar-refractivity contribution in [3.05, 3.63) is 51.4 Å². The first kappa shape index (κ1) is 15.6. The van der Waals surface area contributed by atoms with Gasteiger partial charge in [-0.2, -0.15) is 10.1 Å². The van der Waals surface area contributed by atoms with Crippen LogP contribution in [-0.2, 0) is 12.1 Å². The van der Waals surface area contributed by atoms with Gasteiger partial charge in [-0.05, 0) is 38.5 Å². The molecule has 3 rings (SSSR count). The normalized spacial score (nSPS) is 11.8. The number of benzene rings is 1. The van der Waals surface area contributed by atoms with Crippen molar-refractivity contribution in [3.8, 4) is 0 Å². The van der Waals surface area contributed by atoms with Crippen LogP contribution in [-0.4, -0.2) is 19.7 Å². The molecule has 2 aromatic heterocycles. The van der Waals surface area contributed by atoms with Gasteiger partial charge in [-0.15, -0.1) is 0 Å². The Morgan fingerprint density at radius 1 is 1.35 bits per heavy atom. The highest BCUT2D eigenvalue weighted by Crippen LogP contribution is 2.19. The zero-order valence-corrected chi connectivity index (χ0v) is 14.0. The average Bonchev–Trinajstić information content (AvgIpc) is 2.90. The summed E-state index contributed by atoms with van der Waals surface area (Å²) in [5, 5.41) is 8.56. The summed E-state index contributed by atoms with van der Waals surface area (Å²) in [6, 6.07) is 7.52. The van der Waals surface area contributed by atoms with Gasteiger partial charge in [0.25, 0.3) is 5.56 Å². The number of nitrogens with zero attached hydrogens (tertiary/aromatic N) is 3. The first-order chi connectivity index (χ1) is 10.8. The minimum atomic E-state index is -0.257. The number of aromatic nitrogens is 4. The molecule has 0 fully saturated rings. The van der Waals surface area contributed by atoms with E-state index in [9.17, 15) is 4.79 Å². The van der Waals surface area contributed by atoms with Gasteiger partial charge in [0.2, 0.25) is 5.95 Å². The third-order valence-electron chi connectivity index (χ3n) is 3.42. The Morgan fingerprint density at radius 3 is 2.83 bits per heavy atom. The van der Waals surface area contributed by atoms with Gasteiger partial charge in [0.05, 0.1) is 11.7 Å². The molecule has 0 amide bonds. The lowest BCUT2D eigenvalue weighted by Crippen LogP contribution is -2.24. The fraction of sp³-hybridized carbons (Fsp3) is 0.312. The van der Waals surface area contributed by atoms with Gasteiger partial charge in [-0.1, -0.05) is 23.7 Å². The number of nitrogens with one attached hydrogen (secondary N) is 2. The molecule has 0 saturated carbocycles. The van der Waals surface area contributed by atoms with E-state index < -0.39 is 0 Å². The van der Waals surface area contributed by atoms with Crippen LogP contribution in [0, 0.1) is 0 Å². The van der Waals surface area contributed by atoms with Gasteiger partial charge in [-0.3, -0.25) is 9.78 Å². The maximum atomic E-state index is 12.2. The Kier molecular flexibility index (Phi) is 3.85. The third-order valence-corrected chi connectivity index (χ3v) is 3.66. The number of aromatic amines is 1. The lowest BCUT2D eigenvalue weighted by Gasteiger charge is -2.19. The number of halogens is 1. The smallest absolute Gasteiger partial charge is 0.263 e. The lowest BCUT2D eigenvalue weighted by molar-refractivity contribution is 0.366. The SMILES string of the molecule is CC(C)(C)n1ncc2c(=O)[nH]c(NCc3cccc(Cl)c3)nc21. The summed E-state index contributed by atoms with van der Waals surface area (Å²) in [6.07, 6.45) is 1.55. The fourth-order valence-electron chi connectivity index (χ4n) is 2.33. The predicted octanol–water partition coefficient (Wildman–Crippen LogP) is 3.14. The van der Waals surface area contributed by atoms with E-state index in [1.807, 2.05) is 45.0 Å². The standard InChI is InChI=1S/C16H18ClN5O/c1-16(2,3)22-13-12(9-19-22)14(23)21-15(20-13)18-8-10-5-4-6-11(17)7-10/h4-7,9H,8H2,1-3H3,(H2,18,20,21,23). The second-order valence-electron chi connectivity index (χ2n) is 6.36. The molecule has 0 aliphatic carbocycles. The highest BCUT2D eigenvalue weighted by atomic mass is 35.5. The van der Waals surface area contributed by atoms with Gasteiger partial charge in [-0.25, -0.2) is 4.68 Å². The van der Waals surface area contributed by atoms with Crippen LogP contribution in [0.5, 0.6) is 0 Å². The predicted molar refractivity (Wildman–Crippen MR) is 91.9 cm³/mol. The second kappa shape index (κ2) is 5.70. The number of H-pyrrole nitrogens is 1. The summed E-state index contributed by atoms with van der Waals surface area (Å²) < 4.78 is 1.75. The van der Waals surface area contributed by atoms with Crippen molar-refractivity contribution < 1.29 is 0 Å². The zero-order valence-electron chi connectivity index (χ0n) is 13.2. The van der Waals surface area contributed by atoms with Crippen molar-refractivity contribution in [2.24, 2.45) is 0 Å². The van der Waals surface area contributed by atoms with Crippen LogP contribution in [0.1, 0.15) is 26.3 Å². The summed E-state index contributed by atoms with van der Waals surface area (Å²) in [4.78, 5) is 19.4. The zero-order chi connectivity index (χ0) is 16.6. The highest BCUT2D eigenvalue weighted by molar-refractivity contribution is 6.30. The molecule has 2 N–H and O–H groups in total. The molecule has 0 spiro atoms. The van der Waals surface area contributed by atoms with Crippen molar-refractivity contribution in [3.63, 3.8) is 0 Å². The van der Waals surface area contributed by atoms with Crippen molar-refractivity contribution >= 4 is 28.6 Å². The molecule has 0 bridgehead atoms. The van der Waals surface area contributed by atoms with Crippen molar-refractivity contribution in [2.45, 2.75) is 32.9 Å². The minimum Gasteiger partial charge on any atom is -0.352 e. The van der Waals surface area contributed by atoms with Crippen molar-refractivity contribution in [1.29, 1.82) is 0 Å². The van der Waals surface area contributed by atoms with Gasteiger partial charge >= 0.3 is 0 Å². The Labute approximate surface area is 138 Å². The molecular formula is C16H18ClN5O. The number of fused-ring (bicyclic) bond motifs is 1. The molecule has 0 saturated heterocycles. The molecule has 0 atom stereocenters. The van der Waals surface area contributed by atoms with Crippen molar-refractivity contribution in [1.82, 2.24) is 19.7 Å². The van der Waals surface area contributed by atoms with Crippen LogP contribution in [0.15, 0.2) is 35.3 Å². The number of rotatable bonds is 3. The van der Waals surface area contributed by atoms with Crippen LogP contribution < -0.4 is 10.9 Å². The summed E-state index contributed by atoms with van der Waals surface area (Å²) >= 11 is 5.97. The topological polar surface area (TPSA) is 75.6 Å². The average molecular weight is 332 g/mol. The molecule has 3 aromatic rings. The van der Waals surface area contributed by atoms with Gasteiger partial charge in [0.1, 0.15) is 5.39 Å². The summed E-state index contributed by atoms with van der Waals surface area (Å²) in [5.41, 5.74) is 1.10. The molecule has 23 heavy (non-hydrogen) atoms. The first-order valence-electron chi connectivity index (χ1n) is 7.31. The van der Waals surface area contributed by atoms with E-state index >= 15 is 0 Å². The maximum absolute atomic E-state index is 12.2. The van der Waals surface area contributed by atoms with Crippen LogP contribution in [0.2, 0.25) is 5.02 Å². The molecule has 7 heteroatoms. The minimum absolute atomic E-state index is 0.209. The summed E-state index contributed by atoms with van der Waals surface area (Å²) in [5.74, 6) is 0.411. The Balaban J connectivity index is 1.94. The molecule has 2 heterocycles. The molecule has 6 nitrogen and oxygen atoms in total. The summed E-state index contributed by atoms with van der Waals surface area (Å²) in [7, 11) is 0. The molecule has 120 valence electrons. The lowest BCUT2D eigenvalue weighted by atomic mass is 10.1. The quantitative estimate of drug-likeness (QED) is 0.773. The highest BCUT2D eigenvalue weighted by Gasteiger charge is 2.19. The van der Waals surface area contributed by atoms with E-state index in [2.05, 4.69) is 20.4 Å². The largest absolute Gasteiger partial charge is 0.352 e. The van der Waals surface area contributed by atoms with Crippen LogP contribution in [0.25, 0.3) is 11.0 Å². The van der Waals surface area contributed by atoms with E-state index in [0.29, 0.717) is 28.5 Å². The maximum Gasteiger partial charge on any atom is 0.263 e. The number of hydrogen-bond acceptors (Lipinski definition) is 4. The monoisotopic (exact) mass is 331 g/mol. The second-order valence-corrected chi connectivity index (χ2v) is 6.80. The molecule has 0 unspecified atom stereocenters. The number of hydrogen-bond donors (Lipinski definition) is 2. The molecular weight excluding hydrogens is 314 g/mol. The van der Waals surface area contributed by atoms with Gasteiger partial charge < -0.3 is 5.32 Å². The van der Waals surface area contributed by atoms with E-state index in [1.165, 1.54) is 0 Å². The Morgan fingerprint density at radius 2 is 2.13 bits per heavy atom. The van der Waals surface area contributed by atoms with Crippen LogP contribution in [0.4, 0.5) is 5.95 Å². The Bertz CT molecular complexity index is 907. The number of anilines is 1. The van der Waals surface area contributed by atoms with E-state index in [-0.39, 0.29) is 11.1 Å². The molecule has 0 aliphatic heterocycles. The Hall–Kier alpha value is -2.34. The third kappa shape index (κ3) is 3.22. The van der Waals surface area contributed by atoms with E-state index in [4.69, 9.17) is 11.6 Å². The van der Waals surface area contributed by atoms with Crippen LogP contribution in [0.3, 0.4) is 0 Å². The van der Waals surface area contributed by atoms with E-state index in [1.54, 1.807) is 10.9 Å². The fourth-order valence-corrected chi connectivity index (χ4v) is 2.54. The molecule has 0 aliphatic rings. The first-order valence-corrected chi connectivity index (χ1v) is 7.69. The molecule has 1 aromatic carbocycles. The van der Waals surface area contributed by atoms with Crippen LogP contribution >= 0.6 is 11.6 Å². The molecule has 0 radical (unpaired) electrons.